The molecule has 2 aromatic rings. The molecule has 0 saturated carbocycles. The lowest BCUT2D eigenvalue weighted by Crippen LogP contribution is -2.51. The Labute approximate surface area is 213 Å². The monoisotopic (exact) mass is 523 g/mol. The van der Waals surface area contributed by atoms with Crippen molar-refractivity contribution in [3.8, 4) is 5.75 Å². The third kappa shape index (κ3) is 8.14. The summed E-state index contributed by atoms with van der Waals surface area (Å²) in [6.07, 6.45) is 1.03. The predicted octanol–water partition coefficient (Wildman–Crippen LogP) is 3.61. The molecule has 8 nitrogen and oxygen atoms in total. The summed E-state index contributed by atoms with van der Waals surface area (Å²) in [6.45, 7) is 7.47. The Morgan fingerprint density at radius 1 is 1.09 bits per heavy atom. The molecule has 2 amide bonds. The van der Waals surface area contributed by atoms with E-state index in [0.717, 1.165) is 21.7 Å². The van der Waals surface area contributed by atoms with Crippen molar-refractivity contribution in [3.63, 3.8) is 0 Å². The van der Waals surface area contributed by atoms with Crippen LogP contribution in [0.2, 0.25) is 5.02 Å². The first-order valence-electron chi connectivity index (χ1n) is 11.3. The summed E-state index contributed by atoms with van der Waals surface area (Å²) in [5.74, 6) is -0.289. The van der Waals surface area contributed by atoms with Crippen LogP contribution in [-0.2, 0) is 26.2 Å². The number of amides is 2. The number of rotatable bonds is 11. The van der Waals surface area contributed by atoms with Crippen LogP contribution in [0.1, 0.15) is 31.9 Å². The van der Waals surface area contributed by atoms with Gasteiger partial charge in [0.25, 0.3) is 0 Å². The van der Waals surface area contributed by atoms with E-state index in [0.29, 0.717) is 17.3 Å². The van der Waals surface area contributed by atoms with Crippen molar-refractivity contribution in [2.24, 2.45) is 5.92 Å². The number of carbonyl (C=O) groups excluding carboxylic acids is 2. The lowest BCUT2D eigenvalue weighted by atomic mass is 10.1. The maximum atomic E-state index is 13.6. The number of sulfonamides is 1. The second kappa shape index (κ2) is 12.3. The Morgan fingerprint density at radius 2 is 1.71 bits per heavy atom. The number of halogens is 1. The minimum Gasteiger partial charge on any atom is -0.495 e. The molecule has 0 aromatic heterocycles. The number of hydrogen-bond acceptors (Lipinski definition) is 5. The van der Waals surface area contributed by atoms with Gasteiger partial charge in [-0.2, -0.15) is 0 Å². The van der Waals surface area contributed by atoms with E-state index in [2.05, 4.69) is 5.32 Å². The number of carbonyl (C=O) groups is 2. The van der Waals surface area contributed by atoms with Gasteiger partial charge in [0.15, 0.2) is 0 Å². The van der Waals surface area contributed by atoms with Gasteiger partial charge in [-0.3, -0.25) is 13.9 Å². The van der Waals surface area contributed by atoms with Gasteiger partial charge in [-0.1, -0.05) is 43.6 Å². The molecular weight excluding hydrogens is 490 g/mol. The Bertz CT molecular complexity index is 1140. The average Bonchev–Trinajstić information content (AvgIpc) is 2.79. The van der Waals surface area contributed by atoms with Crippen molar-refractivity contribution in [2.75, 3.05) is 30.8 Å². The lowest BCUT2D eigenvalue weighted by molar-refractivity contribution is -0.139. The van der Waals surface area contributed by atoms with Crippen molar-refractivity contribution in [1.29, 1.82) is 0 Å². The zero-order valence-corrected chi connectivity index (χ0v) is 22.6. The molecule has 0 unspecified atom stereocenters. The summed E-state index contributed by atoms with van der Waals surface area (Å²) in [6, 6.07) is 11.2. The van der Waals surface area contributed by atoms with Crippen LogP contribution in [0.3, 0.4) is 0 Å². The van der Waals surface area contributed by atoms with Gasteiger partial charge in [-0.05, 0) is 55.2 Å². The van der Waals surface area contributed by atoms with Gasteiger partial charge in [0.1, 0.15) is 18.3 Å². The summed E-state index contributed by atoms with van der Waals surface area (Å²) in [4.78, 5) is 27.8. The minimum atomic E-state index is -3.85. The van der Waals surface area contributed by atoms with Gasteiger partial charge < -0.3 is 15.0 Å². The number of nitrogens with one attached hydrogen (secondary N) is 1. The zero-order valence-electron chi connectivity index (χ0n) is 21.0. The largest absolute Gasteiger partial charge is 0.495 e. The van der Waals surface area contributed by atoms with Gasteiger partial charge in [0, 0.05) is 18.1 Å². The molecule has 1 N–H and O–H groups in total. The first kappa shape index (κ1) is 28.5. The maximum absolute atomic E-state index is 13.6. The fourth-order valence-corrected chi connectivity index (χ4v) is 4.38. The molecule has 0 bridgehead atoms. The number of hydrogen-bond donors (Lipinski definition) is 1. The Balaban J connectivity index is 2.43. The van der Waals surface area contributed by atoms with E-state index in [1.54, 1.807) is 49.4 Å². The number of benzene rings is 2. The molecule has 35 heavy (non-hydrogen) atoms. The van der Waals surface area contributed by atoms with Gasteiger partial charge >= 0.3 is 0 Å². The molecule has 0 heterocycles. The van der Waals surface area contributed by atoms with Crippen LogP contribution in [0.4, 0.5) is 5.69 Å². The Kier molecular flexibility index (Phi) is 9.97. The molecule has 0 aliphatic rings. The van der Waals surface area contributed by atoms with E-state index >= 15 is 0 Å². The zero-order chi connectivity index (χ0) is 26.3. The minimum absolute atomic E-state index is 0.106. The molecule has 0 spiro atoms. The highest BCUT2D eigenvalue weighted by Gasteiger charge is 2.31. The highest BCUT2D eigenvalue weighted by molar-refractivity contribution is 7.92. The second-order valence-corrected chi connectivity index (χ2v) is 11.3. The van der Waals surface area contributed by atoms with Crippen LogP contribution in [0.25, 0.3) is 0 Å². The average molecular weight is 524 g/mol. The third-order valence-corrected chi connectivity index (χ3v) is 6.78. The molecule has 0 aliphatic carbocycles. The highest BCUT2D eigenvalue weighted by Crippen LogP contribution is 2.31. The molecule has 1 atom stereocenters. The summed E-state index contributed by atoms with van der Waals surface area (Å²) < 4.78 is 31.9. The number of ether oxygens (including phenoxy) is 1. The number of anilines is 1. The van der Waals surface area contributed by atoms with Crippen LogP contribution in [-0.4, -0.2) is 57.6 Å². The Hall–Kier alpha value is -2.78. The van der Waals surface area contributed by atoms with E-state index in [4.69, 9.17) is 16.3 Å². The normalized spacial score (nSPS) is 12.2. The molecule has 0 saturated heterocycles. The molecule has 0 fully saturated rings. The fourth-order valence-electron chi connectivity index (χ4n) is 3.41. The van der Waals surface area contributed by atoms with Gasteiger partial charge in [0.2, 0.25) is 21.8 Å². The van der Waals surface area contributed by atoms with E-state index < -0.39 is 28.5 Å². The first-order valence-corrected chi connectivity index (χ1v) is 13.5. The van der Waals surface area contributed by atoms with E-state index in [9.17, 15) is 18.0 Å². The van der Waals surface area contributed by atoms with Gasteiger partial charge in [-0.25, -0.2) is 8.42 Å². The van der Waals surface area contributed by atoms with Crippen LogP contribution < -0.4 is 14.4 Å². The summed E-state index contributed by atoms with van der Waals surface area (Å²) >= 11 is 5.99. The lowest BCUT2D eigenvalue weighted by Gasteiger charge is -2.32. The quantitative estimate of drug-likeness (QED) is 0.485. The smallest absolute Gasteiger partial charge is 0.244 e. The van der Waals surface area contributed by atoms with E-state index in [-0.39, 0.29) is 24.1 Å². The topological polar surface area (TPSA) is 96.0 Å². The van der Waals surface area contributed by atoms with Crippen molar-refractivity contribution in [1.82, 2.24) is 10.2 Å². The van der Waals surface area contributed by atoms with Crippen LogP contribution in [0.5, 0.6) is 5.75 Å². The summed E-state index contributed by atoms with van der Waals surface area (Å²) in [7, 11) is -2.42. The second-order valence-electron chi connectivity index (χ2n) is 8.91. The standard InChI is InChI=1S/C25H34ClN3O5S/c1-17(2)14-27-25(31)19(4)28(15-20-8-10-21(26)11-9-20)24(30)16-29(35(6,32)33)22-13-18(3)7-12-23(22)34-5/h7-13,17,19H,14-16H2,1-6H3,(H,27,31)/t19-/m0/s1. The summed E-state index contributed by atoms with van der Waals surface area (Å²) in [5, 5.41) is 3.39. The number of methoxy groups -OCH3 is 1. The van der Waals surface area contributed by atoms with Crippen molar-refractivity contribution >= 4 is 39.1 Å². The molecule has 0 aliphatic heterocycles. The van der Waals surface area contributed by atoms with Crippen molar-refractivity contribution in [2.45, 2.75) is 40.3 Å². The van der Waals surface area contributed by atoms with Crippen LogP contribution in [0.15, 0.2) is 42.5 Å². The molecule has 10 heteroatoms. The number of nitrogens with zero attached hydrogens (tertiary/aromatic N) is 2. The van der Waals surface area contributed by atoms with E-state index in [1.807, 2.05) is 20.8 Å². The van der Waals surface area contributed by atoms with Crippen molar-refractivity contribution < 1.29 is 22.7 Å². The number of aryl methyl sites for hydroxylation is 1. The van der Waals surface area contributed by atoms with Crippen LogP contribution in [0, 0.1) is 12.8 Å². The first-order chi connectivity index (χ1) is 16.3. The predicted molar refractivity (Wildman–Crippen MR) is 139 cm³/mol. The third-order valence-electron chi connectivity index (χ3n) is 5.40. The van der Waals surface area contributed by atoms with Gasteiger partial charge in [-0.15, -0.1) is 0 Å². The SMILES string of the molecule is COc1ccc(C)cc1N(CC(=O)N(Cc1ccc(Cl)cc1)[C@@H](C)C(=O)NCC(C)C)S(C)(=O)=O. The van der Waals surface area contributed by atoms with Gasteiger partial charge in [0.05, 0.1) is 19.1 Å². The van der Waals surface area contributed by atoms with Crippen molar-refractivity contribution in [3.05, 3.63) is 58.6 Å². The molecule has 192 valence electrons. The molecule has 2 rings (SSSR count). The molecular formula is C25H34ClN3O5S. The summed E-state index contributed by atoms with van der Waals surface area (Å²) in [5.41, 5.74) is 1.82. The molecule has 2 aromatic carbocycles. The maximum Gasteiger partial charge on any atom is 0.244 e. The molecule has 0 radical (unpaired) electrons. The van der Waals surface area contributed by atoms with Crippen LogP contribution >= 0.6 is 11.6 Å². The highest BCUT2D eigenvalue weighted by atomic mass is 35.5. The van der Waals surface area contributed by atoms with E-state index in [1.165, 1.54) is 12.0 Å². The Morgan fingerprint density at radius 3 is 2.26 bits per heavy atom. The fraction of sp³-hybridized carbons (Fsp3) is 0.440.